The number of aliphatic hydroxyl groups is 1. The highest BCUT2D eigenvalue weighted by molar-refractivity contribution is 4.97. The summed E-state index contributed by atoms with van der Waals surface area (Å²) in [4.78, 5) is 0. The van der Waals surface area contributed by atoms with Crippen molar-refractivity contribution in [3.8, 4) is 0 Å². The van der Waals surface area contributed by atoms with Gasteiger partial charge in [-0.05, 0) is 24.7 Å². The van der Waals surface area contributed by atoms with Gasteiger partial charge in [0.25, 0.3) is 5.92 Å². The molecule has 0 bridgehead atoms. The van der Waals surface area contributed by atoms with Crippen molar-refractivity contribution in [2.75, 3.05) is 0 Å². The maximum Gasteiger partial charge on any atom is 0.250 e. The fraction of sp³-hybridized carbons (Fsp3) is 1.00. The molecule has 0 unspecified atom stereocenters. The fourth-order valence-corrected chi connectivity index (χ4v) is 2.77. The molecule has 2 atom stereocenters. The lowest BCUT2D eigenvalue weighted by atomic mass is 9.64. The molecule has 1 nitrogen and oxygen atoms in total. The Kier molecular flexibility index (Phi) is 2.68. The van der Waals surface area contributed by atoms with Gasteiger partial charge in [-0.25, -0.2) is 8.78 Å². The summed E-state index contributed by atoms with van der Waals surface area (Å²) >= 11 is 0. The predicted molar refractivity (Wildman–Crippen MR) is 52.4 cm³/mol. The lowest BCUT2D eigenvalue weighted by Gasteiger charge is -2.47. The minimum absolute atomic E-state index is 0.0466. The molecule has 0 radical (unpaired) electrons. The molecular formula is C11H20F2O. The molecule has 1 rings (SSSR count). The molecule has 1 aliphatic carbocycles. The Morgan fingerprint density at radius 2 is 1.79 bits per heavy atom. The monoisotopic (exact) mass is 206 g/mol. The molecule has 0 spiro atoms. The Labute approximate surface area is 84.5 Å². The standard InChI is InChI=1S/C11H20F2O/c1-9(2,3)8-5-6-11(12,13)7-10(8,4)14/h8,14H,5-7H2,1-4H3/t8-,10-/m1/s1. The Bertz CT molecular complexity index is 216. The van der Waals surface area contributed by atoms with Gasteiger partial charge in [-0.2, -0.15) is 0 Å². The van der Waals surface area contributed by atoms with Crippen molar-refractivity contribution >= 4 is 0 Å². The van der Waals surface area contributed by atoms with Crippen molar-refractivity contribution in [1.29, 1.82) is 0 Å². The van der Waals surface area contributed by atoms with E-state index in [1.807, 2.05) is 20.8 Å². The maximum atomic E-state index is 13.1. The van der Waals surface area contributed by atoms with Crippen LogP contribution >= 0.6 is 0 Å². The molecule has 1 N–H and O–H groups in total. The van der Waals surface area contributed by atoms with Crippen LogP contribution in [0.25, 0.3) is 0 Å². The molecule has 3 heteroatoms. The van der Waals surface area contributed by atoms with Crippen LogP contribution in [0.1, 0.15) is 47.0 Å². The summed E-state index contributed by atoms with van der Waals surface area (Å²) in [5.74, 6) is -2.74. The SMILES string of the molecule is CC(C)(C)[C@H]1CCC(F)(F)C[C@@]1(C)O. The van der Waals surface area contributed by atoms with Gasteiger partial charge in [0.2, 0.25) is 0 Å². The lowest BCUT2D eigenvalue weighted by molar-refractivity contribution is -0.165. The van der Waals surface area contributed by atoms with E-state index in [0.29, 0.717) is 6.42 Å². The molecule has 0 heterocycles. The van der Waals surface area contributed by atoms with Crippen molar-refractivity contribution in [3.05, 3.63) is 0 Å². The first kappa shape index (κ1) is 11.9. The molecule has 1 aliphatic rings. The minimum atomic E-state index is -2.69. The molecule has 14 heavy (non-hydrogen) atoms. The van der Waals surface area contributed by atoms with Gasteiger partial charge in [-0.15, -0.1) is 0 Å². The highest BCUT2D eigenvalue weighted by Gasteiger charge is 2.51. The Morgan fingerprint density at radius 1 is 1.29 bits per heavy atom. The third-order valence-electron chi connectivity index (χ3n) is 3.21. The smallest absolute Gasteiger partial charge is 0.250 e. The molecule has 0 saturated heterocycles. The Balaban J connectivity index is 2.84. The van der Waals surface area contributed by atoms with Crippen LogP contribution in [0.2, 0.25) is 0 Å². The molecule has 0 aromatic carbocycles. The first-order chi connectivity index (χ1) is 6.05. The first-order valence-electron chi connectivity index (χ1n) is 5.15. The number of rotatable bonds is 0. The van der Waals surface area contributed by atoms with Crippen molar-refractivity contribution in [3.63, 3.8) is 0 Å². The van der Waals surface area contributed by atoms with E-state index in [4.69, 9.17) is 0 Å². The van der Waals surface area contributed by atoms with Crippen LogP contribution in [0.4, 0.5) is 8.78 Å². The van der Waals surface area contributed by atoms with E-state index in [-0.39, 0.29) is 17.8 Å². The van der Waals surface area contributed by atoms with Crippen molar-refractivity contribution < 1.29 is 13.9 Å². The van der Waals surface area contributed by atoms with Crippen LogP contribution in [-0.4, -0.2) is 16.6 Å². The van der Waals surface area contributed by atoms with Crippen LogP contribution in [0.5, 0.6) is 0 Å². The first-order valence-corrected chi connectivity index (χ1v) is 5.15. The number of halogens is 2. The second-order valence-corrected chi connectivity index (χ2v) is 5.85. The van der Waals surface area contributed by atoms with E-state index >= 15 is 0 Å². The van der Waals surface area contributed by atoms with Crippen LogP contribution in [-0.2, 0) is 0 Å². The fourth-order valence-electron chi connectivity index (χ4n) is 2.77. The highest BCUT2D eigenvalue weighted by atomic mass is 19.3. The lowest BCUT2D eigenvalue weighted by Crippen LogP contribution is -2.50. The summed E-state index contributed by atoms with van der Waals surface area (Å²) in [6, 6.07) is 0. The average Bonchev–Trinajstić information content (AvgIpc) is 1.76. The van der Waals surface area contributed by atoms with E-state index in [0.717, 1.165) is 0 Å². The van der Waals surface area contributed by atoms with Gasteiger partial charge in [-0.3, -0.25) is 0 Å². The Morgan fingerprint density at radius 3 is 2.14 bits per heavy atom. The largest absolute Gasteiger partial charge is 0.390 e. The van der Waals surface area contributed by atoms with E-state index in [1.54, 1.807) is 0 Å². The molecule has 0 aromatic rings. The van der Waals surface area contributed by atoms with Gasteiger partial charge >= 0.3 is 0 Å². The summed E-state index contributed by atoms with van der Waals surface area (Å²) in [5.41, 5.74) is -1.35. The second-order valence-electron chi connectivity index (χ2n) is 5.85. The molecule has 0 aliphatic heterocycles. The third-order valence-corrected chi connectivity index (χ3v) is 3.21. The van der Waals surface area contributed by atoms with Crippen LogP contribution in [0, 0.1) is 11.3 Å². The quantitative estimate of drug-likeness (QED) is 0.645. The second kappa shape index (κ2) is 3.16. The van der Waals surface area contributed by atoms with Crippen molar-refractivity contribution in [2.24, 2.45) is 11.3 Å². The molecule has 1 saturated carbocycles. The summed E-state index contributed by atoms with van der Waals surface area (Å²) in [7, 11) is 0. The van der Waals surface area contributed by atoms with E-state index < -0.39 is 17.9 Å². The van der Waals surface area contributed by atoms with Gasteiger partial charge in [0.1, 0.15) is 0 Å². The summed E-state index contributed by atoms with van der Waals surface area (Å²) in [5, 5.41) is 10.0. The average molecular weight is 206 g/mol. The van der Waals surface area contributed by atoms with Crippen molar-refractivity contribution in [2.45, 2.75) is 58.5 Å². The normalized spacial score (nSPS) is 38.4. The molecule has 1 fully saturated rings. The van der Waals surface area contributed by atoms with Gasteiger partial charge in [0.15, 0.2) is 0 Å². The number of alkyl halides is 2. The molecule has 0 amide bonds. The van der Waals surface area contributed by atoms with Gasteiger partial charge in [0, 0.05) is 12.8 Å². The van der Waals surface area contributed by atoms with Gasteiger partial charge in [0.05, 0.1) is 5.60 Å². The Hall–Kier alpha value is -0.180. The third kappa shape index (κ3) is 2.44. The predicted octanol–water partition coefficient (Wildman–Crippen LogP) is 3.22. The van der Waals surface area contributed by atoms with E-state index in [1.165, 1.54) is 6.92 Å². The molecular weight excluding hydrogens is 186 g/mol. The van der Waals surface area contributed by atoms with E-state index in [2.05, 4.69) is 0 Å². The summed E-state index contributed by atoms with van der Waals surface area (Å²) in [6.07, 6.45) is -0.0868. The zero-order valence-corrected chi connectivity index (χ0v) is 9.40. The van der Waals surface area contributed by atoms with Gasteiger partial charge in [-0.1, -0.05) is 20.8 Å². The molecule has 0 aromatic heterocycles. The minimum Gasteiger partial charge on any atom is -0.390 e. The van der Waals surface area contributed by atoms with Crippen LogP contribution in [0.15, 0.2) is 0 Å². The number of hydrogen-bond acceptors (Lipinski definition) is 1. The number of hydrogen-bond donors (Lipinski definition) is 1. The molecule has 84 valence electrons. The summed E-state index contributed by atoms with van der Waals surface area (Å²) in [6.45, 7) is 7.52. The van der Waals surface area contributed by atoms with Crippen molar-refractivity contribution in [1.82, 2.24) is 0 Å². The van der Waals surface area contributed by atoms with Gasteiger partial charge < -0.3 is 5.11 Å². The highest BCUT2D eigenvalue weighted by Crippen LogP contribution is 2.49. The van der Waals surface area contributed by atoms with E-state index in [9.17, 15) is 13.9 Å². The van der Waals surface area contributed by atoms with Crippen LogP contribution in [0.3, 0.4) is 0 Å². The maximum absolute atomic E-state index is 13.1. The van der Waals surface area contributed by atoms with Crippen LogP contribution < -0.4 is 0 Å². The summed E-state index contributed by atoms with van der Waals surface area (Å²) < 4.78 is 26.2. The topological polar surface area (TPSA) is 20.2 Å². The zero-order valence-electron chi connectivity index (χ0n) is 9.40. The zero-order chi connectivity index (χ0) is 11.2.